The molecule has 4 rings (SSSR count). The van der Waals surface area contributed by atoms with Crippen LogP contribution in [0.3, 0.4) is 0 Å². The number of nitrogens with one attached hydrogen (secondary N) is 2. The van der Waals surface area contributed by atoms with Crippen LogP contribution in [0.2, 0.25) is 0 Å². The van der Waals surface area contributed by atoms with Crippen molar-refractivity contribution in [3.63, 3.8) is 0 Å². The van der Waals surface area contributed by atoms with E-state index in [2.05, 4.69) is 10.6 Å². The third-order valence-electron chi connectivity index (χ3n) is 5.61. The molecule has 2 amide bonds. The van der Waals surface area contributed by atoms with Crippen LogP contribution in [-0.2, 0) is 9.53 Å². The Hall–Kier alpha value is -3.58. The lowest BCUT2D eigenvalue weighted by Crippen LogP contribution is -2.35. The van der Waals surface area contributed by atoms with Crippen molar-refractivity contribution in [3.8, 4) is 11.5 Å². The molecule has 3 aromatic rings. The highest BCUT2D eigenvalue weighted by atomic mass is 16.5. The summed E-state index contributed by atoms with van der Waals surface area (Å²) in [6.07, 6.45) is 2.01. The van der Waals surface area contributed by atoms with Crippen LogP contribution < -0.4 is 20.1 Å². The number of carbonyl (C=O) groups excluding carboxylic acids is 2. The molecule has 7 heteroatoms. The first-order valence-electron chi connectivity index (χ1n) is 11.0. The van der Waals surface area contributed by atoms with Gasteiger partial charge in [-0.15, -0.1) is 0 Å². The van der Waals surface area contributed by atoms with E-state index in [1.807, 2.05) is 43.3 Å². The number of hydrogen-bond donors (Lipinski definition) is 2. The second-order valence-corrected chi connectivity index (χ2v) is 8.08. The highest BCUT2D eigenvalue weighted by Crippen LogP contribution is 2.30. The van der Waals surface area contributed by atoms with Crippen LogP contribution in [0.25, 0.3) is 10.8 Å². The number of hydrogen-bond acceptors (Lipinski definition) is 5. The maximum absolute atomic E-state index is 13.2. The van der Waals surface area contributed by atoms with Gasteiger partial charge < -0.3 is 24.8 Å². The van der Waals surface area contributed by atoms with E-state index in [0.717, 1.165) is 35.8 Å². The summed E-state index contributed by atoms with van der Waals surface area (Å²) >= 11 is 0. The molecule has 1 aliphatic rings. The summed E-state index contributed by atoms with van der Waals surface area (Å²) in [5.74, 6) is 0.292. The van der Waals surface area contributed by atoms with E-state index < -0.39 is 0 Å². The molecule has 1 heterocycles. The maximum atomic E-state index is 13.2. The smallest absolute Gasteiger partial charge is 0.259 e. The van der Waals surface area contributed by atoms with Crippen LogP contribution in [0, 0.1) is 6.92 Å². The van der Waals surface area contributed by atoms with Gasteiger partial charge in [-0.2, -0.15) is 0 Å². The Balaban J connectivity index is 1.53. The fraction of sp³-hybridized carbons (Fsp3) is 0.308. The second kappa shape index (κ2) is 10.4. The van der Waals surface area contributed by atoms with Gasteiger partial charge >= 0.3 is 0 Å². The largest absolute Gasteiger partial charge is 0.495 e. The fourth-order valence-corrected chi connectivity index (χ4v) is 3.85. The van der Waals surface area contributed by atoms with Gasteiger partial charge in [0.1, 0.15) is 11.5 Å². The molecule has 0 spiro atoms. The molecule has 172 valence electrons. The van der Waals surface area contributed by atoms with Gasteiger partial charge in [-0.05, 0) is 60.4 Å². The zero-order valence-corrected chi connectivity index (χ0v) is 18.9. The Morgan fingerprint density at radius 3 is 2.58 bits per heavy atom. The molecule has 0 aromatic heterocycles. The third kappa shape index (κ3) is 5.62. The first-order valence-corrected chi connectivity index (χ1v) is 11.0. The van der Waals surface area contributed by atoms with Crippen LogP contribution in [-0.4, -0.2) is 44.8 Å². The Labute approximate surface area is 193 Å². The quantitative estimate of drug-likeness (QED) is 0.542. The first kappa shape index (κ1) is 22.6. The summed E-state index contributed by atoms with van der Waals surface area (Å²) in [4.78, 5) is 25.6. The Kier molecular flexibility index (Phi) is 7.10. The average Bonchev–Trinajstić information content (AvgIpc) is 3.34. The molecule has 0 aliphatic carbocycles. The van der Waals surface area contributed by atoms with Crippen molar-refractivity contribution >= 4 is 28.3 Å². The van der Waals surface area contributed by atoms with Gasteiger partial charge in [0.2, 0.25) is 0 Å². The van der Waals surface area contributed by atoms with Crippen molar-refractivity contribution in [3.05, 3.63) is 65.7 Å². The molecule has 33 heavy (non-hydrogen) atoms. The minimum atomic E-state index is -0.348. The number of methoxy groups -OCH3 is 1. The van der Waals surface area contributed by atoms with Gasteiger partial charge in [0.15, 0.2) is 6.61 Å². The molecule has 2 N–H and O–H groups in total. The number of carbonyl (C=O) groups is 2. The lowest BCUT2D eigenvalue weighted by Gasteiger charge is -2.15. The van der Waals surface area contributed by atoms with Gasteiger partial charge in [0.05, 0.1) is 24.5 Å². The lowest BCUT2D eigenvalue weighted by molar-refractivity contribution is -0.123. The standard InChI is InChI=1S/C26H28N2O5/c1-17-9-10-23(31-2)22(12-17)28-26(30)21-13-18-6-3-4-7-19(18)14-24(21)33-16-25(29)27-15-20-8-5-11-32-20/h3-4,6-7,9-10,12-14,20H,5,8,11,15-16H2,1-2H3,(H,27,29)(H,28,30)/t20-/m0/s1. The van der Waals surface area contributed by atoms with Crippen molar-refractivity contribution in [2.75, 3.05) is 32.2 Å². The molecular weight excluding hydrogens is 420 g/mol. The van der Waals surface area contributed by atoms with Crippen LogP contribution in [0.1, 0.15) is 28.8 Å². The molecule has 0 saturated carbocycles. The second-order valence-electron chi connectivity index (χ2n) is 8.08. The van der Waals surface area contributed by atoms with Gasteiger partial charge in [-0.1, -0.05) is 30.3 Å². The molecule has 1 atom stereocenters. The predicted molar refractivity (Wildman–Crippen MR) is 127 cm³/mol. The van der Waals surface area contributed by atoms with Gasteiger partial charge in [0, 0.05) is 13.2 Å². The van der Waals surface area contributed by atoms with Crippen molar-refractivity contribution in [1.29, 1.82) is 0 Å². The summed E-state index contributed by atoms with van der Waals surface area (Å²) in [6.45, 7) is 2.94. The summed E-state index contributed by atoms with van der Waals surface area (Å²) in [6, 6.07) is 16.8. The Morgan fingerprint density at radius 2 is 1.85 bits per heavy atom. The average molecular weight is 449 g/mol. The number of anilines is 1. The van der Waals surface area contributed by atoms with E-state index in [0.29, 0.717) is 29.3 Å². The van der Waals surface area contributed by atoms with Crippen LogP contribution in [0.4, 0.5) is 5.69 Å². The van der Waals surface area contributed by atoms with Crippen molar-refractivity contribution in [2.24, 2.45) is 0 Å². The zero-order chi connectivity index (χ0) is 23.2. The topological polar surface area (TPSA) is 85.9 Å². The number of aryl methyl sites for hydroxylation is 1. The van der Waals surface area contributed by atoms with Crippen LogP contribution in [0.5, 0.6) is 11.5 Å². The number of rotatable bonds is 8. The summed E-state index contributed by atoms with van der Waals surface area (Å²) < 4.78 is 16.7. The lowest BCUT2D eigenvalue weighted by atomic mass is 10.0. The molecule has 7 nitrogen and oxygen atoms in total. The Bertz CT molecular complexity index is 1150. The number of amides is 2. The highest BCUT2D eigenvalue weighted by Gasteiger charge is 2.19. The summed E-state index contributed by atoms with van der Waals surface area (Å²) in [5.41, 5.74) is 1.89. The van der Waals surface area contributed by atoms with E-state index in [1.165, 1.54) is 0 Å². The molecule has 1 fully saturated rings. The molecule has 0 radical (unpaired) electrons. The Morgan fingerprint density at radius 1 is 1.06 bits per heavy atom. The van der Waals surface area contributed by atoms with Gasteiger partial charge in [-0.25, -0.2) is 0 Å². The molecule has 1 aliphatic heterocycles. The zero-order valence-electron chi connectivity index (χ0n) is 18.9. The normalized spacial score (nSPS) is 15.3. The predicted octanol–water partition coefficient (Wildman–Crippen LogP) is 4.08. The first-order chi connectivity index (χ1) is 16.0. The van der Waals surface area contributed by atoms with E-state index in [-0.39, 0.29) is 24.5 Å². The fourth-order valence-electron chi connectivity index (χ4n) is 3.85. The minimum Gasteiger partial charge on any atom is -0.495 e. The third-order valence-corrected chi connectivity index (χ3v) is 5.61. The highest BCUT2D eigenvalue weighted by molar-refractivity contribution is 6.09. The van der Waals surface area contributed by atoms with Crippen molar-refractivity contribution in [2.45, 2.75) is 25.9 Å². The SMILES string of the molecule is COc1ccc(C)cc1NC(=O)c1cc2ccccc2cc1OCC(=O)NC[C@@H]1CCCO1. The van der Waals surface area contributed by atoms with Gasteiger partial charge in [0.25, 0.3) is 11.8 Å². The van der Waals surface area contributed by atoms with Gasteiger partial charge in [-0.3, -0.25) is 9.59 Å². The molecule has 1 saturated heterocycles. The number of fused-ring (bicyclic) bond motifs is 1. The number of benzene rings is 3. The number of ether oxygens (including phenoxy) is 3. The molecule has 0 bridgehead atoms. The van der Waals surface area contributed by atoms with Crippen LogP contribution >= 0.6 is 0 Å². The monoisotopic (exact) mass is 448 g/mol. The van der Waals surface area contributed by atoms with E-state index in [1.54, 1.807) is 25.3 Å². The summed E-state index contributed by atoms with van der Waals surface area (Å²) in [7, 11) is 1.56. The van der Waals surface area contributed by atoms with E-state index in [4.69, 9.17) is 14.2 Å². The molecule has 3 aromatic carbocycles. The maximum Gasteiger partial charge on any atom is 0.259 e. The van der Waals surface area contributed by atoms with E-state index >= 15 is 0 Å². The van der Waals surface area contributed by atoms with Crippen molar-refractivity contribution in [1.82, 2.24) is 5.32 Å². The van der Waals surface area contributed by atoms with E-state index in [9.17, 15) is 9.59 Å². The molecule has 0 unspecified atom stereocenters. The summed E-state index contributed by atoms with van der Waals surface area (Å²) in [5, 5.41) is 7.56. The van der Waals surface area contributed by atoms with Crippen molar-refractivity contribution < 1.29 is 23.8 Å². The minimum absolute atomic E-state index is 0.0558. The van der Waals surface area contributed by atoms with Crippen LogP contribution in [0.15, 0.2) is 54.6 Å². The molecular formula is C26H28N2O5.